The molecule has 0 amide bonds. The van der Waals surface area contributed by atoms with Gasteiger partial charge in [0.2, 0.25) is 0 Å². The minimum Gasteiger partial charge on any atom is -0.311 e. The highest BCUT2D eigenvalue weighted by molar-refractivity contribution is 7.04. The van der Waals surface area contributed by atoms with Crippen molar-refractivity contribution in [1.82, 2.24) is 13.7 Å². The summed E-state index contributed by atoms with van der Waals surface area (Å²) in [5.74, 6) is 3.74. The lowest BCUT2D eigenvalue weighted by Crippen LogP contribution is -2.67. The summed E-state index contributed by atoms with van der Waals surface area (Å²) in [5, 5.41) is 9.21. The summed E-state index contributed by atoms with van der Waals surface area (Å²) in [5.41, 5.74) is 34.3. The fourth-order valence-electron chi connectivity index (χ4n) is 22.1. The summed E-state index contributed by atoms with van der Waals surface area (Å²) in [6, 6.07) is 38.8. The molecule has 20 rings (SSSR count). The number of fused-ring (bicyclic) bond motifs is 13. The standard InChI is InChI=1S/C82H89B2N3/c1-82(2,3)72-79-73-81-74-80(72)86-71-37-35-55(49-24-12-5-13-25-49)39-61(71)63-41-57(51-28-16-7-17-29-51)45-67(76(63)86)84(74)69-47-59(53-32-20-9-21-33-53)43-65-64-42-58(52-30-18-8-19-31-52)46-68(77(64)87(81)78(65)69)83(73)66-44-56(50-26-14-6-15-27-50)40-62-60-38-54(48-22-10-4-11-23-48)34-36-70(60)85(79)75(62)66/h34-53H,4-33H2,1-3H3. The second-order valence-electron chi connectivity index (χ2n) is 32.0. The average molecular weight is 1140 g/mol. The van der Waals surface area contributed by atoms with Crippen LogP contribution in [0.2, 0.25) is 0 Å². The third kappa shape index (κ3) is 7.33. The van der Waals surface area contributed by atoms with Crippen molar-refractivity contribution in [3.05, 3.63) is 124 Å². The molecule has 10 aliphatic rings. The Morgan fingerprint density at radius 1 is 0.287 bits per heavy atom. The van der Waals surface area contributed by atoms with Gasteiger partial charge in [-0.3, -0.25) is 0 Å². The van der Waals surface area contributed by atoms with Gasteiger partial charge >= 0.3 is 0 Å². The van der Waals surface area contributed by atoms with E-state index in [0.717, 1.165) is 0 Å². The summed E-state index contributed by atoms with van der Waals surface area (Å²) >= 11 is 0. The van der Waals surface area contributed by atoms with Crippen molar-refractivity contribution < 1.29 is 0 Å². The third-order valence-electron chi connectivity index (χ3n) is 26.1. The lowest BCUT2D eigenvalue weighted by atomic mass is 9.29. The fourth-order valence-corrected chi connectivity index (χ4v) is 22.1. The smallest absolute Gasteiger partial charge is 0.252 e. The molecule has 7 heterocycles. The molecule has 5 heteroatoms. The second-order valence-corrected chi connectivity index (χ2v) is 32.0. The Bertz CT molecular complexity index is 4290. The van der Waals surface area contributed by atoms with Gasteiger partial charge in [0, 0.05) is 77.0 Å². The molecule has 0 bridgehead atoms. The quantitative estimate of drug-likeness (QED) is 0.147. The zero-order chi connectivity index (χ0) is 57.1. The van der Waals surface area contributed by atoms with E-state index < -0.39 is 0 Å². The van der Waals surface area contributed by atoms with Gasteiger partial charge in [0.05, 0.1) is 11.0 Å². The predicted molar refractivity (Wildman–Crippen MR) is 372 cm³/mol. The third-order valence-corrected chi connectivity index (χ3v) is 26.1. The first kappa shape index (κ1) is 51.9. The van der Waals surface area contributed by atoms with E-state index in [1.807, 2.05) is 0 Å². The Morgan fingerprint density at radius 3 is 0.851 bits per heavy atom. The van der Waals surface area contributed by atoms with Crippen LogP contribution in [0, 0.1) is 0 Å². The Hall–Kier alpha value is -5.93. The summed E-state index contributed by atoms with van der Waals surface area (Å²) in [7, 11) is 0. The molecule has 0 saturated heterocycles. The van der Waals surface area contributed by atoms with E-state index in [-0.39, 0.29) is 18.8 Å². The van der Waals surface area contributed by atoms with E-state index >= 15 is 0 Å². The molecule has 6 aliphatic carbocycles. The molecule has 87 heavy (non-hydrogen) atoms. The van der Waals surface area contributed by atoms with Crippen molar-refractivity contribution in [2.75, 3.05) is 0 Å². The first-order valence-electron chi connectivity index (χ1n) is 36.5. The van der Waals surface area contributed by atoms with Crippen molar-refractivity contribution in [2.45, 2.75) is 254 Å². The van der Waals surface area contributed by atoms with Crippen LogP contribution in [0.5, 0.6) is 0 Å². The van der Waals surface area contributed by atoms with Gasteiger partial charge in [-0.25, -0.2) is 0 Å². The Kier molecular flexibility index (Phi) is 11.5. The molecule has 0 unspecified atom stereocenters. The topological polar surface area (TPSA) is 14.8 Å². The molecule has 0 spiro atoms. The van der Waals surface area contributed by atoms with Crippen LogP contribution in [0.15, 0.2) is 84.9 Å². The molecule has 6 saturated carbocycles. The van der Waals surface area contributed by atoms with Crippen LogP contribution in [0.4, 0.5) is 0 Å². The van der Waals surface area contributed by atoms with Gasteiger partial charge in [-0.05, 0) is 233 Å². The molecule has 4 aliphatic heterocycles. The maximum atomic E-state index is 3.02. The van der Waals surface area contributed by atoms with Crippen molar-refractivity contribution in [2.24, 2.45) is 0 Å². The van der Waals surface area contributed by atoms with Gasteiger partial charge in [0.1, 0.15) is 0 Å². The van der Waals surface area contributed by atoms with Gasteiger partial charge in [-0.15, -0.1) is 0 Å². The number of nitrogens with zero attached hydrogens (tertiary/aromatic N) is 3. The first-order chi connectivity index (χ1) is 42.8. The average Bonchev–Trinajstić information content (AvgIpc) is 1.58. The Morgan fingerprint density at radius 2 is 0.552 bits per heavy atom. The largest absolute Gasteiger partial charge is 0.311 e. The van der Waals surface area contributed by atoms with Gasteiger partial charge in [0.25, 0.3) is 13.4 Å². The Labute approximate surface area is 517 Å². The van der Waals surface area contributed by atoms with E-state index in [9.17, 15) is 0 Å². The summed E-state index contributed by atoms with van der Waals surface area (Å²) in [6.07, 6.45) is 40.4. The van der Waals surface area contributed by atoms with Crippen LogP contribution in [0.1, 0.15) is 288 Å². The molecule has 3 aromatic heterocycles. The van der Waals surface area contributed by atoms with Crippen molar-refractivity contribution in [1.29, 1.82) is 0 Å². The van der Waals surface area contributed by atoms with E-state index in [0.29, 0.717) is 35.5 Å². The molecular formula is C82H89B2N3. The number of hydrogen-bond acceptors (Lipinski definition) is 0. The molecule has 3 nitrogen and oxygen atoms in total. The SMILES string of the molecule is CC(C)(C)c1c2c3c4c5c1-n1c6ccc(C7CCCCC7)cc6c6cc(C7CCCCC7)cc(c61)B5c1cc(C5CCCCC5)cc5c6cc(C7CCCCC7)cc(c6n-4c15)B3c1cc(C3CCCCC3)cc3c4cc(C5CCCCC5)ccc4n-2c13. The van der Waals surface area contributed by atoms with Crippen LogP contribution in [-0.2, 0) is 5.41 Å². The highest BCUT2D eigenvalue weighted by Gasteiger charge is 2.52. The zero-order valence-electron chi connectivity index (χ0n) is 52.8. The monoisotopic (exact) mass is 1140 g/mol. The zero-order valence-corrected chi connectivity index (χ0v) is 52.8. The highest BCUT2D eigenvalue weighted by atomic mass is 15.1. The second kappa shape index (κ2) is 19.3. The van der Waals surface area contributed by atoms with Gasteiger partial charge in [0.15, 0.2) is 0 Å². The maximum absolute atomic E-state index is 3.02. The molecule has 0 radical (unpaired) electrons. The number of benzene rings is 7. The van der Waals surface area contributed by atoms with Crippen LogP contribution in [0.25, 0.3) is 82.5 Å². The molecule has 0 N–H and O–H groups in total. The lowest BCUT2D eigenvalue weighted by Gasteiger charge is -2.45. The van der Waals surface area contributed by atoms with Crippen molar-refractivity contribution in [3.63, 3.8) is 0 Å². The fraction of sp³-hybridized carbons (Fsp3) is 0.488. The maximum Gasteiger partial charge on any atom is 0.252 e. The summed E-state index contributed by atoms with van der Waals surface area (Å²) in [6.45, 7) is 8.12. The first-order valence-corrected chi connectivity index (χ1v) is 36.5. The lowest BCUT2D eigenvalue weighted by molar-refractivity contribution is 0.444. The minimum absolute atomic E-state index is 0.124. The molecule has 7 aromatic carbocycles. The Balaban J connectivity index is 0.997. The minimum atomic E-state index is -0.212. The number of hydrogen-bond donors (Lipinski definition) is 0. The van der Waals surface area contributed by atoms with E-state index in [4.69, 9.17) is 0 Å². The molecule has 438 valence electrons. The summed E-state index contributed by atoms with van der Waals surface area (Å²) in [4.78, 5) is 0. The van der Waals surface area contributed by atoms with Crippen molar-refractivity contribution >= 4 is 112 Å². The van der Waals surface area contributed by atoms with Crippen LogP contribution in [-0.4, -0.2) is 27.1 Å². The van der Waals surface area contributed by atoms with Crippen LogP contribution in [0.3, 0.4) is 0 Å². The van der Waals surface area contributed by atoms with E-state index in [2.05, 4.69) is 119 Å². The van der Waals surface area contributed by atoms with E-state index in [1.54, 1.807) is 99.2 Å². The van der Waals surface area contributed by atoms with Crippen molar-refractivity contribution in [3.8, 4) is 17.1 Å². The van der Waals surface area contributed by atoms with Gasteiger partial charge in [-0.1, -0.05) is 173 Å². The molecular weight excluding hydrogens is 1050 g/mol. The van der Waals surface area contributed by atoms with Gasteiger partial charge < -0.3 is 13.7 Å². The highest BCUT2D eigenvalue weighted by Crippen LogP contribution is 2.52. The molecule has 0 atom stereocenters. The normalized spacial score (nSPS) is 21.2. The predicted octanol–water partition coefficient (Wildman–Crippen LogP) is 18.8. The number of rotatable bonds is 6. The van der Waals surface area contributed by atoms with Gasteiger partial charge in [-0.2, -0.15) is 0 Å². The summed E-state index contributed by atoms with van der Waals surface area (Å²) < 4.78 is 8.95. The van der Waals surface area contributed by atoms with Crippen LogP contribution < -0.4 is 32.8 Å². The van der Waals surface area contributed by atoms with Crippen LogP contribution >= 0.6 is 0 Å². The molecule has 6 fully saturated rings. The molecule has 10 aromatic rings. The number of aromatic nitrogens is 3. The van der Waals surface area contributed by atoms with E-state index in [1.165, 1.54) is 248 Å².